The third kappa shape index (κ3) is 5.72. The van der Waals surface area contributed by atoms with Crippen molar-refractivity contribution in [3.63, 3.8) is 0 Å². The molecule has 1 amide bonds. The Morgan fingerprint density at radius 3 is 2.57 bits per heavy atom. The first-order valence-electron chi connectivity index (χ1n) is 7.10. The molecule has 0 aliphatic rings. The van der Waals surface area contributed by atoms with Crippen molar-refractivity contribution in [3.05, 3.63) is 29.8 Å². The van der Waals surface area contributed by atoms with Crippen molar-refractivity contribution >= 4 is 11.7 Å². The van der Waals surface area contributed by atoms with Gasteiger partial charge in [-0.05, 0) is 37.1 Å². The number of hydrogen-bond donors (Lipinski definition) is 3. The molecule has 1 aromatic carbocycles. The summed E-state index contributed by atoms with van der Waals surface area (Å²) < 4.78 is 5.40. The van der Waals surface area contributed by atoms with Crippen LogP contribution in [0.4, 0.5) is 0 Å². The first-order chi connectivity index (χ1) is 10.1. The van der Waals surface area contributed by atoms with Crippen LogP contribution in [-0.4, -0.2) is 29.6 Å². The number of rotatable bonds is 8. The fourth-order valence-electron chi connectivity index (χ4n) is 1.92. The molecule has 0 fully saturated rings. The number of amides is 1. The van der Waals surface area contributed by atoms with E-state index in [0.29, 0.717) is 11.3 Å². The van der Waals surface area contributed by atoms with Gasteiger partial charge in [-0.15, -0.1) is 0 Å². The van der Waals surface area contributed by atoms with E-state index < -0.39 is 0 Å². The van der Waals surface area contributed by atoms with Crippen LogP contribution < -0.4 is 15.8 Å². The highest BCUT2D eigenvalue weighted by Crippen LogP contribution is 2.12. The van der Waals surface area contributed by atoms with Crippen LogP contribution in [0.1, 0.15) is 38.7 Å². The smallest absolute Gasteiger partial charge is 0.258 e. The van der Waals surface area contributed by atoms with E-state index >= 15 is 0 Å². The maximum atomic E-state index is 11.8. The van der Waals surface area contributed by atoms with Crippen LogP contribution >= 0.6 is 0 Å². The molecule has 0 bridgehead atoms. The standard InChI is InChI=1S/C15H23N3O3/c1-3-5-12(4-2)17-14(19)10-21-13-8-6-11(7-9-13)15(16)18-20/h6-9,12,20H,3-5,10H2,1-2H3,(H2,16,18)(H,17,19). The van der Waals surface area contributed by atoms with Crippen LogP contribution in [0, 0.1) is 0 Å². The van der Waals surface area contributed by atoms with Crippen LogP contribution in [0.5, 0.6) is 5.75 Å². The molecule has 0 saturated carbocycles. The van der Waals surface area contributed by atoms with Gasteiger partial charge in [-0.25, -0.2) is 0 Å². The van der Waals surface area contributed by atoms with Crippen molar-refractivity contribution in [2.45, 2.75) is 39.2 Å². The lowest BCUT2D eigenvalue weighted by atomic mass is 10.1. The maximum absolute atomic E-state index is 11.8. The monoisotopic (exact) mass is 293 g/mol. The molecule has 0 radical (unpaired) electrons. The summed E-state index contributed by atoms with van der Waals surface area (Å²) in [5, 5.41) is 14.4. The zero-order valence-corrected chi connectivity index (χ0v) is 12.5. The van der Waals surface area contributed by atoms with Crippen LogP contribution in [0.15, 0.2) is 29.4 Å². The molecule has 0 aromatic heterocycles. The molecule has 1 unspecified atom stereocenters. The van der Waals surface area contributed by atoms with Crippen LogP contribution in [0.2, 0.25) is 0 Å². The van der Waals surface area contributed by atoms with Gasteiger partial charge >= 0.3 is 0 Å². The summed E-state index contributed by atoms with van der Waals surface area (Å²) in [4.78, 5) is 11.8. The lowest BCUT2D eigenvalue weighted by Crippen LogP contribution is -2.37. The fraction of sp³-hybridized carbons (Fsp3) is 0.467. The first-order valence-corrected chi connectivity index (χ1v) is 7.10. The number of benzene rings is 1. The van der Waals surface area contributed by atoms with Gasteiger partial charge < -0.3 is 21.0 Å². The maximum Gasteiger partial charge on any atom is 0.258 e. The number of hydrogen-bond acceptors (Lipinski definition) is 4. The Morgan fingerprint density at radius 2 is 2.05 bits per heavy atom. The van der Waals surface area contributed by atoms with Gasteiger partial charge in [-0.3, -0.25) is 4.79 Å². The van der Waals surface area contributed by atoms with Crippen LogP contribution in [0.25, 0.3) is 0 Å². The lowest BCUT2D eigenvalue weighted by molar-refractivity contribution is -0.123. The van der Waals surface area contributed by atoms with Crippen LogP contribution in [0.3, 0.4) is 0 Å². The number of nitrogens with zero attached hydrogens (tertiary/aromatic N) is 1. The van der Waals surface area contributed by atoms with E-state index in [0.717, 1.165) is 19.3 Å². The summed E-state index contributed by atoms with van der Waals surface area (Å²) in [5.41, 5.74) is 6.05. The molecule has 1 rings (SSSR count). The van der Waals surface area contributed by atoms with Crippen molar-refractivity contribution in [2.75, 3.05) is 6.61 Å². The summed E-state index contributed by atoms with van der Waals surface area (Å²) >= 11 is 0. The zero-order valence-electron chi connectivity index (χ0n) is 12.5. The molecule has 1 atom stereocenters. The Morgan fingerprint density at radius 1 is 1.38 bits per heavy atom. The predicted molar refractivity (Wildman–Crippen MR) is 81.6 cm³/mol. The lowest BCUT2D eigenvalue weighted by Gasteiger charge is -2.16. The van der Waals surface area contributed by atoms with E-state index in [1.54, 1.807) is 24.3 Å². The number of oxime groups is 1. The summed E-state index contributed by atoms with van der Waals surface area (Å²) in [7, 11) is 0. The number of nitrogens with two attached hydrogens (primary N) is 1. The molecular formula is C15H23N3O3. The largest absolute Gasteiger partial charge is 0.484 e. The molecular weight excluding hydrogens is 270 g/mol. The van der Waals surface area contributed by atoms with Crippen molar-refractivity contribution < 1.29 is 14.7 Å². The van der Waals surface area contributed by atoms with E-state index in [1.165, 1.54) is 0 Å². The number of amidine groups is 1. The molecule has 21 heavy (non-hydrogen) atoms. The molecule has 0 spiro atoms. The molecule has 4 N–H and O–H groups in total. The summed E-state index contributed by atoms with van der Waals surface area (Å²) in [6.07, 6.45) is 2.92. The van der Waals surface area contributed by atoms with Crippen molar-refractivity contribution in [1.29, 1.82) is 0 Å². The summed E-state index contributed by atoms with van der Waals surface area (Å²) in [5.74, 6) is 0.462. The minimum Gasteiger partial charge on any atom is -0.484 e. The third-order valence-electron chi connectivity index (χ3n) is 3.12. The fourth-order valence-corrected chi connectivity index (χ4v) is 1.92. The summed E-state index contributed by atoms with van der Waals surface area (Å²) in [6, 6.07) is 6.87. The minimum absolute atomic E-state index is 0.0247. The van der Waals surface area contributed by atoms with Gasteiger partial charge in [0.25, 0.3) is 5.91 Å². The van der Waals surface area contributed by atoms with Gasteiger partial charge in [0, 0.05) is 11.6 Å². The minimum atomic E-state index is -0.129. The Labute approximate surface area is 125 Å². The number of carbonyl (C=O) groups is 1. The third-order valence-corrected chi connectivity index (χ3v) is 3.12. The topological polar surface area (TPSA) is 96.9 Å². The van der Waals surface area contributed by atoms with E-state index in [1.807, 2.05) is 6.92 Å². The van der Waals surface area contributed by atoms with E-state index in [9.17, 15) is 4.79 Å². The molecule has 1 aromatic rings. The Bertz CT molecular complexity index is 472. The summed E-state index contributed by atoms with van der Waals surface area (Å²) in [6.45, 7) is 4.12. The Kier molecular flexibility index (Phi) is 7.08. The second-order valence-electron chi connectivity index (χ2n) is 4.76. The zero-order chi connectivity index (χ0) is 15.7. The van der Waals surface area contributed by atoms with Gasteiger partial charge in [0.05, 0.1) is 0 Å². The van der Waals surface area contributed by atoms with E-state index in [2.05, 4.69) is 17.4 Å². The molecule has 116 valence electrons. The van der Waals surface area contributed by atoms with E-state index in [-0.39, 0.29) is 24.4 Å². The highest BCUT2D eigenvalue weighted by Gasteiger charge is 2.10. The van der Waals surface area contributed by atoms with E-state index in [4.69, 9.17) is 15.7 Å². The number of ether oxygens (including phenoxy) is 1. The number of carbonyl (C=O) groups excluding carboxylic acids is 1. The second-order valence-corrected chi connectivity index (χ2v) is 4.76. The Balaban J connectivity index is 2.46. The average Bonchev–Trinajstić information content (AvgIpc) is 2.52. The molecule has 0 heterocycles. The van der Waals surface area contributed by atoms with Gasteiger partial charge in [0.15, 0.2) is 12.4 Å². The highest BCUT2D eigenvalue weighted by molar-refractivity contribution is 5.97. The van der Waals surface area contributed by atoms with Crippen molar-refractivity contribution in [1.82, 2.24) is 5.32 Å². The normalized spacial score (nSPS) is 12.8. The average molecular weight is 293 g/mol. The van der Waals surface area contributed by atoms with Crippen molar-refractivity contribution in [2.24, 2.45) is 10.9 Å². The molecule has 0 aliphatic heterocycles. The second kappa shape index (κ2) is 8.84. The predicted octanol–water partition coefficient (Wildman–Crippen LogP) is 1.85. The van der Waals surface area contributed by atoms with Crippen molar-refractivity contribution in [3.8, 4) is 5.75 Å². The molecule has 0 aliphatic carbocycles. The SMILES string of the molecule is CCCC(CC)NC(=O)COc1ccc(C(N)=NO)cc1. The number of nitrogens with one attached hydrogen (secondary N) is 1. The highest BCUT2D eigenvalue weighted by atomic mass is 16.5. The van der Waals surface area contributed by atoms with Gasteiger partial charge in [-0.1, -0.05) is 25.4 Å². The molecule has 0 saturated heterocycles. The van der Waals surface area contributed by atoms with Gasteiger partial charge in [0.2, 0.25) is 0 Å². The quantitative estimate of drug-likeness (QED) is 0.295. The molecule has 6 heteroatoms. The Hall–Kier alpha value is -2.24. The first kappa shape index (κ1) is 16.8. The van der Waals surface area contributed by atoms with Gasteiger partial charge in [0.1, 0.15) is 5.75 Å². The van der Waals surface area contributed by atoms with Crippen LogP contribution in [-0.2, 0) is 4.79 Å². The van der Waals surface area contributed by atoms with Gasteiger partial charge in [-0.2, -0.15) is 0 Å². The molecule has 6 nitrogen and oxygen atoms in total.